The molecule has 1 aliphatic carbocycles. The lowest BCUT2D eigenvalue weighted by molar-refractivity contribution is 0.0394. The first kappa shape index (κ1) is 15.6. The van der Waals surface area contributed by atoms with E-state index < -0.39 is 0 Å². The Morgan fingerprint density at radius 1 is 1.32 bits per heavy atom. The van der Waals surface area contributed by atoms with E-state index >= 15 is 0 Å². The van der Waals surface area contributed by atoms with Crippen molar-refractivity contribution in [2.24, 2.45) is 0 Å². The van der Waals surface area contributed by atoms with Crippen molar-refractivity contribution in [1.82, 2.24) is 4.90 Å². The average Bonchev–Trinajstić information content (AvgIpc) is 2.87. The number of hydrogen-bond donors (Lipinski definition) is 2. The monoisotopic (exact) mass is 305 g/mol. The summed E-state index contributed by atoms with van der Waals surface area (Å²) in [5.74, 6) is 0.730. The number of likely N-dealkylation sites (tertiary alicyclic amines) is 1. The number of rotatable bonds is 3. The minimum Gasteiger partial charge on any atom is -0.504 e. The second-order valence-corrected chi connectivity index (χ2v) is 7.07. The van der Waals surface area contributed by atoms with Crippen LogP contribution in [0.2, 0.25) is 0 Å². The first-order valence-corrected chi connectivity index (χ1v) is 8.29. The summed E-state index contributed by atoms with van der Waals surface area (Å²) in [5, 5.41) is 20.0. The first-order valence-electron chi connectivity index (χ1n) is 8.29. The third-order valence-electron chi connectivity index (χ3n) is 5.69. The fraction of sp³-hybridized carbons (Fsp3) is 0.667. The number of hydrogen-bond acceptors (Lipinski definition) is 4. The van der Waals surface area contributed by atoms with E-state index in [1.807, 2.05) is 12.1 Å². The summed E-state index contributed by atoms with van der Waals surface area (Å²) in [4.78, 5) is 2.53. The molecule has 1 saturated heterocycles. The number of phenolic OH excluding ortho intramolecular Hbond substituents is 1. The van der Waals surface area contributed by atoms with Crippen LogP contribution in [0.5, 0.6) is 11.5 Å². The molecule has 1 heterocycles. The van der Waals surface area contributed by atoms with Crippen molar-refractivity contribution in [2.75, 3.05) is 13.7 Å². The van der Waals surface area contributed by atoms with E-state index in [1.54, 1.807) is 13.2 Å². The van der Waals surface area contributed by atoms with Crippen LogP contribution in [0.15, 0.2) is 18.2 Å². The lowest BCUT2D eigenvalue weighted by atomic mass is 9.65. The van der Waals surface area contributed by atoms with Gasteiger partial charge in [-0.2, -0.15) is 0 Å². The highest BCUT2D eigenvalue weighted by Crippen LogP contribution is 2.50. The molecule has 1 unspecified atom stereocenters. The standard InChI is InChI=1S/C18H27NO3/c1-12(2)19-9-8-18(7-6-14(20)11-17(18)19)13-4-5-15(21)16(10-13)22-3/h4-5,10,12,14,17,20-21H,6-9,11H2,1-3H3/t14?,17-,18-/m0/s1. The van der Waals surface area contributed by atoms with E-state index in [-0.39, 0.29) is 17.3 Å². The van der Waals surface area contributed by atoms with Gasteiger partial charge in [-0.25, -0.2) is 0 Å². The second kappa shape index (κ2) is 5.74. The van der Waals surface area contributed by atoms with Crippen LogP contribution in [0, 0.1) is 0 Å². The number of nitrogens with zero attached hydrogens (tertiary/aromatic N) is 1. The third-order valence-corrected chi connectivity index (χ3v) is 5.69. The molecule has 2 N–H and O–H groups in total. The maximum Gasteiger partial charge on any atom is 0.160 e. The SMILES string of the molecule is COc1cc([C@@]23CCC(O)C[C@@H]2N(C(C)C)CC3)ccc1O. The number of ether oxygens (including phenoxy) is 1. The van der Waals surface area contributed by atoms with Crippen LogP contribution < -0.4 is 4.74 Å². The highest BCUT2D eigenvalue weighted by Gasteiger charge is 2.51. The Hall–Kier alpha value is -1.26. The maximum absolute atomic E-state index is 10.2. The minimum atomic E-state index is -0.198. The fourth-order valence-electron chi connectivity index (χ4n) is 4.51. The molecule has 0 bridgehead atoms. The smallest absolute Gasteiger partial charge is 0.160 e. The molecular formula is C18H27NO3. The predicted molar refractivity (Wildman–Crippen MR) is 86.4 cm³/mol. The van der Waals surface area contributed by atoms with E-state index in [4.69, 9.17) is 4.74 Å². The molecule has 1 saturated carbocycles. The van der Waals surface area contributed by atoms with E-state index in [1.165, 1.54) is 5.56 Å². The minimum absolute atomic E-state index is 0.0739. The normalized spacial score (nSPS) is 32.2. The Balaban J connectivity index is 2.02. The van der Waals surface area contributed by atoms with Crippen LogP contribution >= 0.6 is 0 Å². The quantitative estimate of drug-likeness (QED) is 0.901. The molecule has 22 heavy (non-hydrogen) atoms. The van der Waals surface area contributed by atoms with Gasteiger partial charge in [0, 0.05) is 17.5 Å². The molecule has 3 atom stereocenters. The molecule has 2 fully saturated rings. The van der Waals surface area contributed by atoms with Gasteiger partial charge in [0.1, 0.15) is 0 Å². The van der Waals surface area contributed by atoms with Crippen LogP contribution in [-0.2, 0) is 5.41 Å². The molecule has 122 valence electrons. The summed E-state index contributed by atoms with van der Waals surface area (Å²) < 4.78 is 5.30. The Bertz CT molecular complexity index is 545. The van der Waals surface area contributed by atoms with E-state index in [0.717, 1.165) is 32.2 Å². The Morgan fingerprint density at radius 3 is 2.77 bits per heavy atom. The number of benzene rings is 1. The summed E-state index contributed by atoms with van der Waals surface area (Å²) >= 11 is 0. The van der Waals surface area contributed by atoms with E-state index in [2.05, 4.69) is 18.7 Å². The zero-order valence-corrected chi connectivity index (χ0v) is 13.7. The highest BCUT2D eigenvalue weighted by atomic mass is 16.5. The fourth-order valence-corrected chi connectivity index (χ4v) is 4.51. The van der Waals surface area contributed by atoms with Gasteiger partial charge in [-0.1, -0.05) is 6.07 Å². The summed E-state index contributed by atoms with van der Waals surface area (Å²) in [6, 6.07) is 6.61. The Labute approximate surface area is 132 Å². The van der Waals surface area contributed by atoms with E-state index in [9.17, 15) is 10.2 Å². The summed E-state index contributed by atoms with van der Waals surface area (Å²) in [6.07, 6.45) is 3.59. The lowest BCUT2D eigenvalue weighted by Crippen LogP contribution is -2.50. The van der Waals surface area contributed by atoms with Gasteiger partial charge in [-0.3, -0.25) is 4.90 Å². The number of phenols is 1. The molecule has 1 aromatic rings. The molecule has 1 aromatic carbocycles. The Kier molecular flexibility index (Phi) is 4.08. The van der Waals surface area contributed by atoms with Crippen LogP contribution in [0.25, 0.3) is 0 Å². The zero-order valence-electron chi connectivity index (χ0n) is 13.7. The van der Waals surface area contributed by atoms with Crippen molar-refractivity contribution in [3.05, 3.63) is 23.8 Å². The van der Waals surface area contributed by atoms with Crippen molar-refractivity contribution in [3.63, 3.8) is 0 Å². The molecule has 1 aliphatic heterocycles. The van der Waals surface area contributed by atoms with Gasteiger partial charge >= 0.3 is 0 Å². The predicted octanol–water partition coefficient (Wildman–Crippen LogP) is 2.67. The molecule has 0 radical (unpaired) electrons. The molecular weight excluding hydrogens is 278 g/mol. The largest absolute Gasteiger partial charge is 0.504 e. The van der Waals surface area contributed by atoms with Crippen molar-refractivity contribution < 1.29 is 14.9 Å². The average molecular weight is 305 g/mol. The molecule has 2 aliphatic rings. The first-order chi connectivity index (χ1) is 10.5. The third kappa shape index (κ3) is 2.38. The Morgan fingerprint density at radius 2 is 2.09 bits per heavy atom. The van der Waals surface area contributed by atoms with Gasteiger partial charge in [0.15, 0.2) is 11.5 Å². The summed E-state index contributed by atoms with van der Waals surface area (Å²) in [7, 11) is 1.59. The summed E-state index contributed by atoms with van der Waals surface area (Å²) in [5.41, 5.74) is 1.31. The number of fused-ring (bicyclic) bond motifs is 1. The van der Waals surface area contributed by atoms with Crippen LogP contribution in [0.1, 0.15) is 45.1 Å². The number of methoxy groups -OCH3 is 1. The molecule has 4 nitrogen and oxygen atoms in total. The van der Waals surface area contributed by atoms with Crippen molar-refractivity contribution in [3.8, 4) is 11.5 Å². The molecule has 0 amide bonds. The molecule has 3 rings (SSSR count). The second-order valence-electron chi connectivity index (χ2n) is 7.07. The number of aliphatic hydroxyl groups excluding tert-OH is 1. The van der Waals surface area contributed by atoms with Gasteiger partial charge in [0.25, 0.3) is 0 Å². The highest BCUT2D eigenvalue weighted by molar-refractivity contribution is 5.45. The van der Waals surface area contributed by atoms with Crippen LogP contribution in [-0.4, -0.2) is 47.0 Å². The topological polar surface area (TPSA) is 52.9 Å². The molecule has 4 heteroatoms. The number of aromatic hydroxyl groups is 1. The molecule has 0 spiro atoms. The van der Waals surface area contributed by atoms with Gasteiger partial charge in [0.2, 0.25) is 0 Å². The van der Waals surface area contributed by atoms with Gasteiger partial charge in [-0.15, -0.1) is 0 Å². The zero-order chi connectivity index (χ0) is 15.9. The van der Waals surface area contributed by atoms with Crippen LogP contribution in [0.4, 0.5) is 0 Å². The van der Waals surface area contributed by atoms with Crippen molar-refractivity contribution in [2.45, 2.75) is 63.1 Å². The van der Waals surface area contributed by atoms with Gasteiger partial charge in [-0.05, 0) is 63.8 Å². The maximum atomic E-state index is 10.2. The lowest BCUT2D eigenvalue weighted by Gasteiger charge is -2.45. The summed E-state index contributed by atoms with van der Waals surface area (Å²) in [6.45, 7) is 5.53. The van der Waals surface area contributed by atoms with Gasteiger partial charge in [0.05, 0.1) is 13.2 Å². The number of aliphatic hydroxyl groups is 1. The van der Waals surface area contributed by atoms with Crippen molar-refractivity contribution >= 4 is 0 Å². The van der Waals surface area contributed by atoms with Crippen LogP contribution in [0.3, 0.4) is 0 Å². The van der Waals surface area contributed by atoms with Gasteiger partial charge < -0.3 is 14.9 Å². The van der Waals surface area contributed by atoms with Crippen molar-refractivity contribution in [1.29, 1.82) is 0 Å². The molecule has 0 aromatic heterocycles. The van der Waals surface area contributed by atoms with E-state index in [0.29, 0.717) is 17.8 Å².